The van der Waals surface area contributed by atoms with Crippen LogP contribution in [0.4, 0.5) is 5.69 Å². The molecule has 3 saturated heterocycles. The number of nitrogens with one attached hydrogen (secondary N) is 2. The van der Waals surface area contributed by atoms with E-state index in [9.17, 15) is 14.4 Å². The molecule has 8 unspecified atom stereocenters. The van der Waals surface area contributed by atoms with E-state index in [1.807, 2.05) is 12.2 Å². The van der Waals surface area contributed by atoms with Crippen LogP contribution in [-0.4, -0.2) is 77.5 Å². The van der Waals surface area contributed by atoms with Gasteiger partial charge in [0.25, 0.3) is 0 Å². The minimum absolute atomic E-state index is 0.0670. The van der Waals surface area contributed by atoms with Crippen molar-refractivity contribution in [3.63, 3.8) is 0 Å². The smallest absolute Gasteiger partial charge is 0.246 e. The molecule has 8 atom stereocenters. The van der Waals surface area contributed by atoms with Gasteiger partial charge in [-0.15, -0.1) is 0 Å². The van der Waals surface area contributed by atoms with Crippen molar-refractivity contribution < 1.29 is 19.1 Å². The number of hydrogen-bond donors (Lipinski definition) is 2. The van der Waals surface area contributed by atoms with Crippen molar-refractivity contribution >= 4 is 35.0 Å². The van der Waals surface area contributed by atoms with E-state index >= 15 is 0 Å². The molecule has 1 aliphatic carbocycles. The van der Waals surface area contributed by atoms with Gasteiger partial charge in [-0.1, -0.05) is 56.9 Å². The third-order valence-corrected chi connectivity index (χ3v) is 10.4. The zero-order valence-corrected chi connectivity index (χ0v) is 24.2. The maximum atomic E-state index is 14.2. The Morgan fingerprint density at radius 3 is 2.52 bits per heavy atom. The molecule has 8 nitrogen and oxygen atoms in total. The number of carbonyl (C=O) groups excluding carboxylic acids is 3. The van der Waals surface area contributed by atoms with Crippen LogP contribution in [0, 0.1) is 23.7 Å². The van der Waals surface area contributed by atoms with Gasteiger partial charge in [0.05, 0.1) is 17.9 Å². The van der Waals surface area contributed by atoms with Crippen LogP contribution in [0.2, 0.25) is 5.02 Å². The first-order valence-electron chi connectivity index (χ1n) is 15.1. The molecule has 4 fully saturated rings. The molecule has 1 spiro atoms. The number of ether oxygens (including phenoxy) is 1. The van der Waals surface area contributed by atoms with Crippen LogP contribution in [0.3, 0.4) is 0 Å². The minimum atomic E-state index is -1.14. The fraction of sp³-hybridized carbons (Fsp3) is 0.645. The fourth-order valence-corrected chi connectivity index (χ4v) is 7.87. The molecule has 1 saturated carbocycles. The number of halogens is 1. The molecule has 1 aromatic rings. The Morgan fingerprint density at radius 1 is 1.02 bits per heavy atom. The van der Waals surface area contributed by atoms with Crippen molar-refractivity contribution in [2.45, 2.75) is 76.2 Å². The second kappa shape index (κ2) is 11.1. The number of anilines is 1. The Morgan fingerprint density at radius 2 is 1.77 bits per heavy atom. The van der Waals surface area contributed by atoms with Gasteiger partial charge < -0.3 is 25.2 Å². The van der Waals surface area contributed by atoms with Crippen molar-refractivity contribution in [3.05, 3.63) is 41.4 Å². The Hall–Kier alpha value is -2.42. The topological polar surface area (TPSA) is 91.0 Å². The first-order chi connectivity index (χ1) is 19.3. The summed E-state index contributed by atoms with van der Waals surface area (Å²) in [5.41, 5.74) is -0.531. The van der Waals surface area contributed by atoms with E-state index in [0.29, 0.717) is 35.6 Å². The van der Waals surface area contributed by atoms with E-state index in [4.69, 9.17) is 16.3 Å². The molecule has 3 amide bonds. The zero-order valence-electron chi connectivity index (χ0n) is 23.5. The number of fused-ring (bicyclic) bond motifs is 1. The van der Waals surface area contributed by atoms with E-state index in [1.54, 1.807) is 29.2 Å². The first kappa shape index (κ1) is 27.7. The van der Waals surface area contributed by atoms with Crippen LogP contribution in [0.1, 0.15) is 52.4 Å². The molecule has 40 heavy (non-hydrogen) atoms. The second-order valence-electron chi connectivity index (χ2n) is 12.5. The lowest BCUT2D eigenvalue weighted by Crippen LogP contribution is -2.58. The van der Waals surface area contributed by atoms with Gasteiger partial charge in [0, 0.05) is 29.8 Å². The summed E-state index contributed by atoms with van der Waals surface area (Å²) in [5.74, 6) is -1.16. The number of rotatable bonds is 7. The molecule has 216 valence electrons. The molecule has 2 N–H and O–H groups in total. The Kier molecular flexibility index (Phi) is 7.70. The van der Waals surface area contributed by atoms with E-state index in [0.717, 1.165) is 38.8 Å². The van der Waals surface area contributed by atoms with Crippen molar-refractivity contribution in [2.75, 3.05) is 31.5 Å². The van der Waals surface area contributed by atoms with Crippen molar-refractivity contribution in [3.8, 4) is 0 Å². The number of likely N-dealkylation sites (tertiary alicyclic amines) is 2. The molecule has 6 rings (SSSR count). The van der Waals surface area contributed by atoms with Gasteiger partial charge in [-0.25, -0.2) is 0 Å². The largest absolute Gasteiger partial charge is 0.359 e. The van der Waals surface area contributed by atoms with Crippen molar-refractivity contribution in [1.29, 1.82) is 0 Å². The highest BCUT2D eigenvalue weighted by Crippen LogP contribution is 2.55. The Balaban J connectivity index is 1.27. The highest BCUT2D eigenvalue weighted by molar-refractivity contribution is 6.30. The molecule has 4 aliphatic heterocycles. The number of benzene rings is 1. The molecular formula is C31H41ClN4O4. The normalized spacial score (nSPS) is 37.0. The van der Waals surface area contributed by atoms with Crippen LogP contribution in [0.25, 0.3) is 0 Å². The highest BCUT2D eigenvalue weighted by atomic mass is 35.5. The first-order valence-corrected chi connectivity index (χ1v) is 15.4. The summed E-state index contributed by atoms with van der Waals surface area (Å²) in [7, 11) is 0. The van der Waals surface area contributed by atoms with Gasteiger partial charge in [-0.05, 0) is 68.5 Å². The van der Waals surface area contributed by atoms with E-state index in [2.05, 4.69) is 29.4 Å². The average molecular weight is 569 g/mol. The summed E-state index contributed by atoms with van der Waals surface area (Å²) in [4.78, 5) is 46.1. The number of hydrogen-bond acceptors (Lipinski definition) is 5. The summed E-state index contributed by atoms with van der Waals surface area (Å²) in [6.07, 6.45) is 9.95. The summed E-state index contributed by atoms with van der Waals surface area (Å²) in [6.45, 7) is 7.63. The molecule has 9 heteroatoms. The maximum Gasteiger partial charge on any atom is 0.246 e. The Labute approximate surface area is 241 Å². The van der Waals surface area contributed by atoms with Crippen molar-refractivity contribution in [2.24, 2.45) is 23.7 Å². The van der Waals surface area contributed by atoms with Crippen LogP contribution in [0.15, 0.2) is 36.4 Å². The second-order valence-corrected chi connectivity index (χ2v) is 13.0. The fourth-order valence-electron chi connectivity index (χ4n) is 7.75. The predicted octanol–water partition coefficient (Wildman–Crippen LogP) is 3.86. The van der Waals surface area contributed by atoms with Crippen LogP contribution in [-0.2, 0) is 19.1 Å². The Bertz CT molecular complexity index is 1170. The number of nitrogens with zero attached hydrogens (tertiary/aromatic N) is 2. The lowest BCUT2D eigenvalue weighted by atomic mass is 9.73. The van der Waals surface area contributed by atoms with Crippen LogP contribution < -0.4 is 10.6 Å². The minimum Gasteiger partial charge on any atom is -0.359 e. The third kappa shape index (κ3) is 4.86. The van der Waals surface area contributed by atoms with E-state index in [1.165, 1.54) is 12.8 Å². The van der Waals surface area contributed by atoms with Gasteiger partial charge >= 0.3 is 0 Å². The molecule has 2 bridgehead atoms. The van der Waals surface area contributed by atoms with Gasteiger partial charge in [0.15, 0.2) is 0 Å². The van der Waals surface area contributed by atoms with E-state index < -0.39 is 29.6 Å². The molecule has 5 aliphatic rings. The summed E-state index contributed by atoms with van der Waals surface area (Å²) < 4.78 is 6.51. The maximum absolute atomic E-state index is 14.2. The molecule has 0 radical (unpaired) electrons. The summed E-state index contributed by atoms with van der Waals surface area (Å²) in [6, 6.07) is 6.18. The van der Waals surface area contributed by atoms with Crippen LogP contribution in [0.5, 0.6) is 0 Å². The predicted molar refractivity (Wildman–Crippen MR) is 154 cm³/mol. The van der Waals surface area contributed by atoms with Gasteiger partial charge in [-0.2, -0.15) is 0 Å². The van der Waals surface area contributed by atoms with Gasteiger partial charge in [0.1, 0.15) is 11.6 Å². The lowest BCUT2D eigenvalue weighted by molar-refractivity contribution is -0.142. The molecular weight excluding hydrogens is 528 g/mol. The lowest BCUT2D eigenvalue weighted by Gasteiger charge is -2.38. The highest BCUT2D eigenvalue weighted by Gasteiger charge is 2.72. The summed E-state index contributed by atoms with van der Waals surface area (Å²) >= 11 is 6.02. The summed E-state index contributed by atoms with van der Waals surface area (Å²) in [5, 5.41) is 6.87. The zero-order chi connectivity index (χ0) is 28.0. The molecule has 0 aromatic heterocycles. The monoisotopic (exact) mass is 568 g/mol. The number of carbonyl (C=O) groups is 3. The molecule has 1 aromatic carbocycles. The standard InChI is InChI=1S/C31H41ClN4O4/c1-19-7-6-8-23(20(19)2)34-29(38)27-31-14-13-24(40-31)25(28(37)33-22-11-9-21(32)10-12-22)26(31)30(39)36(27)18-17-35-15-4-3-5-16-35/h9-14,19-20,23-27H,3-8,15-18H2,1-2H3,(H,33,37)(H,34,38). The van der Waals surface area contributed by atoms with E-state index in [-0.39, 0.29) is 23.8 Å². The van der Waals surface area contributed by atoms with Crippen molar-refractivity contribution in [1.82, 2.24) is 15.1 Å². The number of piperidine rings is 1. The SMILES string of the molecule is CC1CCCC(NC(=O)C2N(CCN3CCCCC3)C(=O)C3C(C(=O)Nc4ccc(Cl)cc4)C4C=CC32O4)C1C. The molecule has 4 heterocycles. The van der Waals surface area contributed by atoms with Crippen LogP contribution >= 0.6 is 11.6 Å². The quantitative estimate of drug-likeness (QED) is 0.488. The third-order valence-electron chi connectivity index (χ3n) is 10.2. The number of amides is 3. The van der Waals surface area contributed by atoms with Gasteiger partial charge in [0.2, 0.25) is 17.7 Å². The van der Waals surface area contributed by atoms with Gasteiger partial charge in [-0.3, -0.25) is 14.4 Å². The average Bonchev–Trinajstić information content (AvgIpc) is 3.59.